The molecule has 0 amide bonds. The number of rotatable bonds is 6. The van der Waals surface area contributed by atoms with E-state index in [0.717, 1.165) is 30.6 Å². The van der Waals surface area contributed by atoms with Gasteiger partial charge in [0.05, 0.1) is 6.04 Å². The molecule has 1 rings (SSSR count). The van der Waals surface area contributed by atoms with Crippen molar-refractivity contribution in [2.75, 3.05) is 25.4 Å². The van der Waals surface area contributed by atoms with E-state index in [0.29, 0.717) is 18.0 Å². The van der Waals surface area contributed by atoms with Crippen LogP contribution >= 0.6 is 11.8 Å². The molecule has 17 heavy (non-hydrogen) atoms. The van der Waals surface area contributed by atoms with Crippen LogP contribution in [0.5, 0.6) is 0 Å². The van der Waals surface area contributed by atoms with Crippen molar-refractivity contribution < 1.29 is 0 Å². The quantitative estimate of drug-likeness (QED) is 0.792. The van der Waals surface area contributed by atoms with Crippen LogP contribution in [0, 0.1) is 5.92 Å². The molecule has 0 aromatic rings. The molecule has 0 radical (unpaired) electrons. The number of likely N-dealkylation sites (N-methyl/N-ethyl adjacent to an activating group) is 1. The first kappa shape index (κ1) is 14.8. The first-order chi connectivity index (χ1) is 8.06. The molecule has 1 N–H and O–H groups in total. The molecule has 0 saturated carbocycles. The molecule has 0 saturated heterocycles. The number of amidine groups is 1. The minimum atomic E-state index is 0.479. The van der Waals surface area contributed by atoms with Crippen molar-refractivity contribution in [2.45, 2.75) is 46.7 Å². The fraction of sp³-hybridized carbons (Fsp3) is 0.923. The molecule has 2 atom stereocenters. The number of nitrogens with zero attached hydrogens (tertiary/aromatic N) is 2. The van der Waals surface area contributed by atoms with E-state index in [2.05, 4.69) is 44.8 Å². The highest BCUT2D eigenvalue weighted by atomic mass is 32.2. The van der Waals surface area contributed by atoms with E-state index in [-0.39, 0.29) is 0 Å². The number of thioether (sulfide) groups is 1. The van der Waals surface area contributed by atoms with Gasteiger partial charge in [-0.3, -0.25) is 4.99 Å². The van der Waals surface area contributed by atoms with Gasteiger partial charge in [-0.2, -0.15) is 0 Å². The number of aliphatic imine (C=N–C) groups is 1. The van der Waals surface area contributed by atoms with Crippen LogP contribution in [0.3, 0.4) is 0 Å². The van der Waals surface area contributed by atoms with E-state index in [1.54, 1.807) is 0 Å². The number of nitrogens with one attached hydrogen (secondary N) is 1. The van der Waals surface area contributed by atoms with Gasteiger partial charge >= 0.3 is 0 Å². The van der Waals surface area contributed by atoms with Crippen LogP contribution in [0.15, 0.2) is 4.99 Å². The van der Waals surface area contributed by atoms with Crippen molar-refractivity contribution in [3.8, 4) is 0 Å². The van der Waals surface area contributed by atoms with Crippen LogP contribution in [-0.4, -0.2) is 47.5 Å². The minimum absolute atomic E-state index is 0.479. The Balaban J connectivity index is 2.36. The third-order valence-corrected chi connectivity index (χ3v) is 4.24. The van der Waals surface area contributed by atoms with Crippen LogP contribution in [0.4, 0.5) is 0 Å². The van der Waals surface area contributed by atoms with Crippen molar-refractivity contribution in [3.05, 3.63) is 0 Å². The topological polar surface area (TPSA) is 27.6 Å². The Hall–Kier alpha value is -0.220. The zero-order chi connectivity index (χ0) is 12.8. The van der Waals surface area contributed by atoms with Crippen molar-refractivity contribution >= 4 is 16.9 Å². The first-order valence-corrected chi connectivity index (χ1v) is 7.74. The summed E-state index contributed by atoms with van der Waals surface area (Å²) >= 11 is 1.87. The number of hydrogen-bond acceptors (Lipinski definition) is 4. The highest BCUT2D eigenvalue weighted by molar-refractivity contribution is 8.14. The summed E-state index contributed by atoms with van der Waals surface area (Å²) in [6.07, 6.45) is 0. The van der Waals surface area contributed by atoms with Crippen LogP contribution in [0.25, 0.3) is 0 Å². The summed E-state index contributed by atoms with van der Waals surface area (Å²) in [5.41, 5.74) is 0. The van der Waals surface area contributed by atoms with Gasteiger partial charge in [0.25, 0.3) is 0 Å². The molecule has 1 aliphatic rings. The predicted molar refractivity (Wildman–Crippen MR) is 78.9 cm³/mol. The second kappa shape index (κ2) is 7.27. The van der Waals surface area contributed by atoms with E-state index in [4.69, 9.17) is 4.99 Å². The second-order valence-electron chi connectivity index (χ2n) is 5.09. The maximum atomic E-state index is 4.74. The second-order valence-corrected chi connectivity index (χ2v) is 6.10. The summed E-state index contributed by atoms with van der Waals surface area (Å²) in [5, 5.41) is 4.68. The van der Waals surface area contributed by atoms with E-state index in [9.17, 15) is 0 Å². The molecule has 1 unspecified atom stereocenters. The Morgan fingerprint density at radius 1 is 1.35 bits per heavy atom. The SMILES string of the molecule is CCN(CC)CC(C)NC1=N[C@@H](C(C)C)CS1. The molecule has 0 spiro atoms. The third kappa shape index (κ3) is 4.88. The zero-order valence-corrected chi connectivity index (χ0v) is 12.7. The molecule has 1 heterocycles. The van der Waals surface area contributed by atoms with Crippen molar-refractivity contribution in [1.82, 2.24) is 10.2 Å². The number of hydrogen-bond donors (Lipinski definition) is 1. The fourth-order valence-corrected chi connectivity index (χ4v) is 3.22. The van der Waals surface area contributed by atoms with Crippen molar-refractivity contribution in [3.63, 3.8) is 0 Å². The zero-order valence-electron chi connectivity index (χ0n) is 11.9. The Morgan fingerprint density at radius 2 is 2.00 bits per heavy atom. The van der Waals surface area contributed by atoms with E-state index >= 15 is 0 Å². The molecule has 4 heteroatoms. The Kier molecular flexibility index (Phi) is 6.34. The lowest BCUT2D eigenvalue weighted by Crippen LogP contribution is -2.40. The molecule has 3 nitrogen and oxygen atoms in total. The summed E-state index contributed by atoms with van der Waals surface area (Å²) in [7, 11) is 0. The Labute approximate surface area is 110 Å². The van der Waals surface area contributed by atoms with E-state index in [1.807, 2.05) is 11.8 Å². The van der Waals surface area contributed by atoms with Crippen LogP contribution in [0.2, 0.25) is 0 Å². The maximum absolute atomic E-state index is 4.74. The average molecular weight is 257 g/mol. The molecule has 1 aliphatic heterocycles. The van der Waals surface area contributed by atoms with Gasteiger partial charge in [0.2, 0.25) is 0 Å². The van der Waals surface area contributed by atoms with Crippen LogP contribution < -0.4 is 5.32 Å². The van der Waals surface area contributed by atoms with E-state index in [1.165, 1.54) is 0 Å². The molecule has 100 valence electrons. The van der Waals surface area contributed by atoms with Crippen LogP contribution in [-0.2, 0) is 0 Å². The van der Waals surface area contributed by atoms with Gasteiger partial charge < -0.3 is 10.2 Å². The molecule has 0 fully saturated rings. The molecule has 0 aromatic carbocycles. The van der Waals surface area contributed by atoms with Gasteiger partial charge in [-0.15, -0.1) is 0 Å². The summed E-state index contributed by atoms with van der Waals surface area (Å²) in [4.78, 5) is 7.18. The average Bonchev–Trinajstić information content (AvgIpc) is 2.74. The minimum Gasteiger partial charge on any atom is -0.361 e. The predicted octanol–water partition coefficient (Wildman–Crippen LogP) is 2.43. The molecule has 0 bridgehead atoms. The largest absolute Gasteiger partial charge is 0.361 e. The van der Waals surface area contributed by atoms with Gasteiger partial charge in [-0.05, 0) is 25.9 Å². The van der Waals surface area contributed by atoms with Gasteiger partial charge in [0.1, 0.15) is 0 Å². The smallest absolute Gasteiger partial charge is 0.157 e. The van der Waals surface area contributed by atoms with E-state index < -0.39 is 0 Å². The highest BCUT2D eigenvalue weighted by Crippen LogP contribution is 2.22. The van der Waals surface area contributed by atoms with Gasteiger partial charge in [0, 0.05) is 18.3 Å². The van der Waals surface area contributed by atoms with Crippen molar-refractivity contribution in [2.24, 2.45) is 10.9 Å². The molecular weight excluding hydrogens is 230 g/mol. The molecule has 0 aliphatic carbocycles. The lowest BCUT2D eigenvalue weighted by atomic mass is 10.1. The lowest BCUT2D eigenvalue weighted by molar-refractivity contribution is 0.282. The summed E-state index contributed by atoms with van der Waals surface area (Å²) < 4.78 is 0. The third-order valence-electron chi connectivity index (χ3n) is 3.24. The monoisotopic (exact) mass is 257 g/mol. The normalized spacial score (nSPS) is 22.1. The summed E-state index contributed by atoms with van der Waals surface area (Å²) in [5.74, 6) is 1.79. The van der Waals surface area contributed by atoms with Crippen LogP contribution in [0.1, 0.15) is 34.6 Å². The maximum Gasteiger partial charge on any atom is 0.157 e. The highest BCUT2D eigenvalue weighted by Gasteiger charge is 2.22. The fourth-order valence-electron chi connectivity index (χ4n) is 1.94. The lowest BCUT2D eigenvalue weighted by Gasteiger charge is -2.23. The summed E-state index contributed by atoms with van der Waals surface area (Å²) in [6, 6.07) is 0.982. The standard InChI is InChI=1S/C13H27N3S/c1-6-16(7-2)8-11(5)14-13-15-12(9-17-13)10(3)4/h10-12H,6-9H2,1-5H3,(H,14,15)/t11?,12-/m1/s1. The Bertz CT molecular complexity index is 249. The van der Waals surface area contributed by atoms with Gasteiger partial charge in [-0.1, -0.05) is 39.5 Å². The van der Waals surface area contributed by atoms with Crippen molar-refractivity contribution in [1.29, 1.82) is 0 Å². The molecule has 0 aromatic heterocycles. The Morgan fingerprint density at radius 3 is 2.47 bits per heavy atom. The summed E-state index contributed by atoms with van der Waals surface area (Å²) in [6.45, 7) is 14.5. The molecular formula is C13H27N3S. The van der Waals surface area contributed by atoms with Gasteiger partial charge in [-0.25, -0.2) is 0 Å². The first-order valence-electron chi connectivity index (χ1n) is 6.76. The van der Waals surface area contributed by atoms with Gasteiger partial charge in [0.15, 0.2) is 5.17 Å².